The van der Waals surface area contributed by atoms with Gasteiger partial charge in [-0.1, -0.05) is 44.5 Å². The Labute approximate surface area is 103 Å². The van der Waals surface area contributed by atoms with E-state index in [1.54, 1.807) is 7.11 Å². The number of hydrogen-bond donors (Lipinski definition) is 0. The Morgan fingerprint density at radius 2 is 2.06 bits per heavy atom. The lowest BCUT2D eigenvalue weighted by molar-refractivity contribution is 0.0581. The van der Waals surface area contributed by atoms with E-state index in [2.05, 4.69) is 20.4 Å². The van der Waals surface area contributed by atoms with Gasteiger partial charge in [0.1, 0.15) is 0 Å². The predicted molar refractivity (Wildman–Crippen MR) is 73.0 cm³/mol. The van der Waals surface area contributed by atoms with Gasteiger partial charge in [-0.15, -0.1) is 6.58 Å². The molecule has 0 N–H and O–H groups in total. The number of unbranched alkanes of at least 4 members (excludes halogenated alkanes) is 1. The monoisotopic (exact) mass is 222 g/mol. The van der Waals surface area contributed by atoms with Crippen LogP contribution in [0.1, 0.15) is 52.4 Å². The van der Waals surface area contributed by atoms with Crippen molar-refractivity contribution in [2.75, 3.05) is 7.11 Å². The second kappa shape index (κ2) is 9.95. The highest BCUT2D eigenvalue weighted by atomic mass is 16.5. The Hall–Kier alpha value is -0.235. The lowest BCUT2D eigenvalue weighted by atomic mass is 9.74. The number of ether oxygens (including phenoxy) is 1. The van der Waals surface area contributed by atoms with Crippen LogP contribution in [0, 0.1) is 5.92 Å². The molecule has 0 aromatic rings. The first-order valence-electron chi connectivity index (χ1n) is 6.54. The summed E-state index contributed by atoms with van der Waals surface area (Å²) in [5, 5.41) is 0. The first kappa shape index (κ1) is 15.8. The van der Waals surface area contributed by atoms with E-state index in [1.807, 2.05) is 6.08 Å². The quantitative estimate of drug-likeness (QED) is 0.306. The molecule has 0 saturated heterocycles. The third-order valence-electron chi connectivity index (χ3n) is 3.28. The van der Waals surface area contributed by atoms with Gasteiger partial charge in [-0.25, -0.2) is 0 Å². The molecule has 0 aliphatic rings. The van der Waals surface area contributed by atoms with Crippen molar-refractivity contribution >= 4 is 7.85 Å². The molecule has 92 valence electrons. The van der Waals surface area contributed by atoms with E-state index < -0.39 is 0 Å². The van der Waals surface area contributed by atoms with Gasteiger partial charge in [0, 0.05) is 7.11 Å². The zero-order chi connectivity index (χ0) is 12.4. The first-order chi connectivity index (χ1) is 7.65. The summed E-state index contributed by atoms with van der Waals surface area (Å²) < 4.78 is 5.42. The molecule has 0 fully saturated rings. The average molecular weight is 222 g/mol. The van der Waals surface area contributed by atoms with Crippen LogP contribution in [-0.2, 0) is 4.74 Å². The predicted octanol–water partition coefficient (Wildman–Crippen LogP) is 4.14. The molecule has 0 bridgehead atoms. The largest absolute Gasteiger partial charge is 0.381 e. The Balaban J connectivity index is 3.91. The van der Waals surface area contributed by atoms with Crippen molar-refractivity contribution in [3.05, 3.63) is 12.7 Å². The van der Waals surface area contributed by atoms with Crippen LogP contribution in [0.2, 0.25) is 5.82 Å². The minimum atomic E-state index is 0.314. The van der Waals surface area contributed by atoms with Gasteiger partial charge < -0.3 is 4.74 Å². The maximum atomic E-state index is 6.15. The van der Waals surface area contributed by atoms with Crippen molar-refractivity contribution in [2.24, 2.45) is 5.92 Å². The normalized spacial score (nSPS) is 16.7. The highest BCUT2D eigenvalue weighted by molar-refractivity contribution is 6.11. The average Bonchev–Trinajstić information content (AvgIpc) is 2.28. The molecule has 0 spiro atoms. The van der Waals surface area contributed by atoms with E-state index in [9.17, 15) is 0 Å². The summed E-state index contributed by atoms with van der Waals surface area (Å²) in [4.78, 5) is 0. The summed E-state index contributed by atoms with van der Waals surface area (Å²) in [5.74, 6) is 0.919. The number of hydrogen-bond acceptors (Lipinski definition) is 1. The minimum absolute atomic E-state index is 0.314. The zero-order valence-electron chi connectivity index (χ0n) is 11.2. The molecule has 0 amide bonds. The number of rotatable bonds is 10. The fraction of sp³-hybridized carbons (Fsp3) is 0.857. The van der Waals surface area contributed by atoms with Crippen LogP contribution < -0.4 is 0 Å². The smallest absolute Gasteiger partial charge is 0.0699 e. The highest BCUT2D eigenvalue weighted by Crippen LogP contribution is 2.27. The van der Waals surface area contributed by atoms with Crippen molar-refractivity contribution < 1.29 is 4.74 Å². The van der Waals surface area contributed by atoms with Crippen molar-refractivity contribution in [1.82, 2.24) is 0 Å². The van der Waals surface area contributed by atoms with E-state index >= 15 is 0 Å². The Bertz CT molecular complexity index is 170. The number of methoxy groups -OCH3 is 1. The molecule has 2 radical (unpaired) electrons. The van der Waals surface area contributed by atoms with Gasteiger partial charge in [0.2, 0.25) is 0 Å². The molecule has 1 nitrogen and oxygen atoms in total. The van der Waals surface area contributed by atoms with Gasteiger partial charge in [-0.05, 0) is 25.7 Å². The summed E-state index contributed by atoms with van der Waals surface area (Å²) in [7, 11) is 7.94. The van der Waals surface area contributed by atoms with E-state index in [0.717, 1.165) is 25.7 Å². The van der Waals surface area contributed by atoms with Gasteiger partial charge in [-0.3, -0.25) is 0 Å². The molecule has 2 heteroatoms. The van der Waals surface area contributed by atoms with E-state index in [4.69, 9.17) is 12.6 Å². The standard InChI is InChI=1S/C14H27BO/c1-5-7-8-10-14(15)11-13(9-6-2)12(3)16-4/h5,12-14H,1,6-11H2,2-4H3. The Morgan fingerprint density at radius 3 is 2.56 bits per heavy atom. The topological polar surface area (TPSA) is 9.23 Å². The van der Waals surface area contributed by atoms with Crippen LogP contribution >= 0.6 is 0 Å². The molecular formula is C14H27BO. The third kappa shape index (κ3) is 7.11. The SMILES string of the molecule is [B]C(CCCC=C)CC(CCC)C(C)OC. The lowest BCUT2D eigenvalue weighted by Gasteiger charge is -2.25. The van der Waals surface area contributed by atoms with Gasteiger partial charge in [0.15, 0.2) is 0 Å². The fourth-order valence-electron chi connectivity index (χ4n) is 2.14. The second-order valence-electron chi connectivity index (χ2n) is 4.70. The van der Waals surface area contributed by atoms with Crippen molar-refractivity contribution in [1.29, 1.82) is 0 Å². The van der Waals surface area contributed by atoms with E-state index in [1.165, 1.54) is 12.8 Å². The maximum Gasteiger partial charge on any atom is 0.0699 e. The van der Waals surface area contributed by atoms with Crippen LogP contribution in [0.5, 0.6) is 0 Å². The zero-order valence-corrected chi connectivity index (χ0v) is 11.2. The summed E-state index contributed by atoms with van der Waals surface area (Å²) in [6.45, 7) is 8.10. The molecule has 0 rings (SSSR count). The highest BCUT2D eigenvalue weighted by Gasteiger charge is 2.18. The minimum Gasteiger partial charge on any atom is -0.381 e. The molecule has 3 unspecified atom stereocenters. The molecular weight excluding hydrogens is 195 g/mol. The molecule has 0 heterocycles. The van der Waals surface area contributed by atoms with Crippen molar-refractivity contribution in [3.63, 3.8) is 0 Å². The second-order valence-corrected chi connectivity index (χ2v) is 4.70. The summed E-state index contributed by atoms with van der Waals surface area (Å²) >= 11 is 0. The Morgan fingerprint density at radius 1 is 1.38 bits per heavy atom. The first-order valence-corrected chi connectivity index (χ1v) is 6.54. The fourth-order valence-corrected chi connectivity index (χ4v) is 2.14. The van der Waals surface area contributed by atoms with E-state index in [-0.39, 0.29) is 0 Å². The van der Waals surface area contributed by atoms with Gasteiger partial charge in [0.25, 0.3) is 0 Å². The van der Waals surface area contributed by atoms with Crippen LogP contribution in [0.25, 0.3) is 0 Å². The maximum absolute atomic E-state index is 6.15. The Kier molecular flexibility index (Phi) is 9.81. The van der Waals surface area contributed by atoms with Crippen molar-refractivity contribution in [2.45, 2.75) is 64.3 Å². The molecule has 0 aromatic heterocycles. The lowest BCUT2D eigenvalue weighted by Crippen LogP contribution is -2.21. The van der Waals surface area contributed by atoms with Crippen molar-refractivity contribution in [3.8, 4) is 0 Å². The molecule has 0 aromatic carbocycles. The summed E-state index contributed by atoms with van der Waals surface area (Å²) in [6, 6.07) is 0. The van der Waals surface area contributed by atoms with Gasteiger partial charge in [-0.2, -0.15) is 0 Å². The molecule has 0 aliphatic carbocycles. The summed E-state index contributed by atoms with van der Waals surface area (Å²) in [5.41, 5.74) is 0. The van der Waals surface area contributed by atoms with Crippen LogP contribution in [0.4, 0.5) is 0 Å². The van der Waals surface area contributed by atoms with Crippen LogP contribution in [0.15, 0.2) is 12.7 Å². The van der Waals surface area contributed by atoms with Gasteiger partial charge in [0.05, 0.1) is 14.0 Å². The molecule has 0 saturated carbocycles. The molecule has 0 aliphatic heterocycles. The molecule has 3 atom stereocenters. The third-order valence-corrected chi connectivity index (χ3v) is 3.28. The van der Waals surface area contributed by atoms with Crippen LogP contribution in [-0.4, -0.2) is 21.1 Å². The summed E-state index contributed by atoms with van der Waals surface area (Å²) in [6.07, 6.45) is 9.13. The number of allylic oxidation sites excluding steroid dienone is 1. The van der Waals surface area contributed by atoms with E-state index in [0.29, 0.717) is 17.8 Å². The molecule has 16 heavy (non-hydrogen) atoms. The van der Waals surface area contributed by atoms with Crippen LogP contribution in [0.3, 0.4) is 0 Å². The van der Waals surface area contributed by atoms with Gasteiger partial charge >= 0.3 is 0 Å².